The molecule has 0 amide bonds. The highest BCUT2D eigenvalue weighted by Crippen LogP contribution is 2.22. The van der Waals surface area contributed by atoms with Crippen molar-refractivity contribution in [3.63, 3.8) is 0 Å². The highest BCUT2D eigenvalue weighted by Gasteiger charge is 2.08. The molecular formula is C22H30N4O. The lowest BCUT2D eigenvalue weighted by atomic mass is 9.97. The molecule has 0 radical (unpaired) electrons. The summed E-state index contributed by atoms with van der Waals surface area (Å²) in [6.07, 6.45) is 9.52. The molecule has 3 rings (SSSR count). The van der Waals surface area contributed by atoms with E-state index in [2.05, 4.69) is 33.8 Å². The highest BCUT2D eigenvalue weighted by atomic mass is 16.5. The highest BCUT2D eigenvalue weighted by molar-refractivity contribution is 5.64. The average molecular weight is 367 g/mol. The minimum absolute atomic E-state index is 0.682. The van der Waals surface area contributed by atoms with E-state index in [0.717, 1.165) is 49.6 Å². The van der Waals surface area contributed by atoms with E-state index in [0.29, 0.717) is 5.95 Å². The largest absolute Gasteiger partial charge is 0.385 e. The first kappa shape index (κ1) is 19.4. The van der Waals surface area contributed by atoms with Crippen molar-refractivity contribution in [2.75, 3.05) is 37.4 Å². The molecule has 0 saturated heterocycles. The Hall–Kier alpha value is -2.40. The predicted octanol–water partition coefficient (Wildman–Crippen LogP) is 4.89. The van der Waals surface area contributed by atoms with Crippen LogP contribution in [0.4, 0.5) is 11.8 Å². The van der Waals surface area contributed by atoms with Crippen LogP contribution in [0.15, 0.2) is 48.0 Å². The Morgan fingerprint density at radius 2 is 1.93 bits per heavy atom. The maximum Gasteiger partial charge on any atom is 0.225 e. The van der Waals surface area contributed by atoms with Gasteiger partial charge in [-0.15, -0.1) is 0 Å². The summed E-state index contributed by atoms with van der Waals surface area (Å²) in [5.74, 6) is 1.53. The number of nitrogens with zero attached hydrogens (tertiary/aromatic N) is 2. The van der Waals surface area contributed by atoms with Crippen LogP contribution < -0.4 is 10.6 Å². The van der Waals surface area contributed by atoms with Crippen molar-refractivity contribution < 1.29 is 4.74 Å². The molecule has 1 aliphatic rings. The fraction of sp³-hybridized carbons (Fsp3) is 0.455. The average Bonchev–Trinajstić information content (AvgIpc) is 2.73. The predicted molar refractivity (Wildman–Crippen MR) is 112 cm³/mol. The number of hydrogen-bond acceptors (Lipinski definition) is 5. The van der Waals surface area contributed by atoms with Crippen molar-refractivity contribution in [1.82, 2.24) is 9.97 Å². The summed E-state index contributed by atoms with van der Waals surface area (Å²) in [7, 11) is 1.72. The van der Waals surface area contributed by atoms with Crippen LogP contribution in [0, 0.1) is 0 Å². The summed E-state index contributed by atoms with van der Waals surface area (Å²) in [6.45, 7) is 2.43. The van der Waals surface area contributed by atoms with E-state index in [1.807, 2.05) is 24.3 Å². The summed E-state index contributed by atoms with van der Waals surface area (Å²) in [5.41, 5.74) is 3.59. The molecule has 27 heavy (non-hydrogen) atoms. The molecule has 0 spiro atoms. The Morgan fingerprint density at radius 1 is 1.04 bits per heavy atom. The lowest BCUT2D eigenvalue weighted by Gasteiger charge is -2.14. The van der Waals surface area contributed by atoms with Gasteiger partial charge in [0, 0.05) is 38.4 Å². The second-order valence-corrected chi connectivity index (χ2v) is 6.89. The van der Waals surface area contributed by atoms with Crippen LogP contribution in [0.5, 0.6) is 0 Å². The molecule has 0 atom stereocenters. The Morgan fingerprint density at radius 3 is 2.70 bits per heavy atom. The summed E-state index contributed by atoms with van der Waals surface area (Å²) >= 11 is 0. The van der Waals surface area contributed by atoms with Crippen LogP contribution >= 0.6 is 0 Å². The van der Waals surface area contributed by atoms with Gasteiger partial charge in [-0.1, -0.05) is 42.0 Å². The lowest BCUT2D eigenvalue weighted by Crippen LogP contribution is -2.11. The zero-order valence-electron chi connectivity index (χ0n) is 16.2. The van der Waals surface area contributed by atoms with E-state index in [1.54, 1.807) is 12.7 Å². The summed E-state index contributed by atoms with van der Waals surface area (Å²) in [4.78, 5) is 9.37. The maximum atomic E-state index is 5.12. The van der Waals surface area contributed by atoms with Crippen molar-refractivity contribution in [2.45, 2.75) is 38.5 Å². The van der Waals surface area contributed by atoms with Gasteiger partial charge in [0.25, 0.3) is 0 Å². The van der Waals surface area contributed by atoms with Crippen LogP contribution in [0.1, 0.15) is 38.5 Å². The first-order chi connectivity index (χ1) is 13.3. The third-order valence-electron chi connectivity index (χ3n) is 4.74. The molecule has 0 aliphatic heterocycles. The number of benzene rings is 1. The van der Waals surface area contributed by atoms with Crippen LogP contribution in [-0.4, -0.2) is 36.8 Å². The molecule has 0 fully saturated rings. The maximum absolute atomic E-state index is 5.12. The minimum Gasteiger partial charge on any atom is -0.385 e. The number of ether oxygens (including phenoxy) is 1. The first-order valence-electron chi connectivity index (χ1n) is 9.94. The fourth-order valence-electron chi connectivity index (χ4n) is 3.27. The molecule has 0 saturated carbocycles. The molecule has 1 aliphatic carbocycles. The van der Waals surface area contributed by atoms with E-state index in [-0.39, 0.29) is 0 Å². The monoisotopic (exact) mass is 366 g/mol. The summed E-state index contributed by atoms with van der Waals surface area (Å²) in [5, 5.41) is 6.80. The molecule has 2 N–H and O–H groups in total. The van der Waals surface area contributed by atoms with Crippen LogP contribution in [0.2, 0.25) is 0 Å². The molecule has 5 nitrogen and oxygen atoms in total. The number of rotatable bonds is 10. The standard InChI is InChI=1S/C22H30N4O/c1-27-16-8-14-23-21-17-20(19-11-6-3-7-12-19)25-22(26-21)24-15-13-18-9-4-2-5-10-18/h3,6-7,9,11-12,17H,2,4-5,8,10,13-16H2,1H3,(H2,23,24,25,26). The number of nitrogens with one attached hydrogen (secondary N) is 2. The van der Waals surface area contributed by atoms with Crippen molar-refractivity contribution in [3.05, 3.63) is 48.0 Å². The van der Waals surface area contributed by atoms with Gasteiger partial charge in [0.05, 0.1) is 5.69 Å². The Labute approximate surface area is 162 Å². The van der Waals surface area contributed by atoms with Crippen LogP contribution in [-0.2, 0) is 4.74 Å². The molecule has 0 bridgehead atoms. The molecule has 5 heteroatoms. The van der Waals surface area contributed by atoms with Gasteiger partial charge in [0.2, 0.25) is 5.95 Å². The molecular weight excluding hydrogens is 336 g/mol. The summed E-state index contributed by atoms with van der Waals surface area (Å²) < 4.78 is 5.12. The van der Waals surface area contributed by atoms with Gasteiger partial charge < -0.3 is 15.4 Å². The molecule has 0 unspecified atom stereocenters. The van der Waals surface area contributed by atoms with E-state index in [1.165, 1.54) is 25.7 Å². The number of methoxy groups -OCH3 is 1. The Balaban J connectivity index is 1.67. The van der Waals surface area contributed by atoms with Crippen molar-refractivity contribution in [1.29, 1.82) is 0 Å². The number of allylic oxidation sites excluding steroid dienone is 1. The van der Waals surface area contributed by atoms with Crippen molar-refractivity contribution in [2.24, 2.45) is 0 Å². The number of hydrogen-bond donors (Lipinski definition) is 2. The van der Waals surface area contributed by atoms with E-state index in [9.17, 15) is 0 Å². The van der Waals surface area contributed by atoms with Gasteiger partial charge in [0.1, 0.15) is 5.82 Å². The van der Waals surface area contributed by atoms with Crippen molar-refractivity contribution in [3.8, 4) is 11.3 Å². The second-order valence-electron chi connectivity index (χ2n) is 6.89. The van der Waals surface area contributed by atoms with E-state index < -0.39 is 0 Å². The van der Waals surface area contributed by atoms with Crippen LogP contribution in [0.3, 0.4) is 0 Å². The number of aromatic nitrogens is 2. The van der Waals surface area contributed by atoms with Crippen molar-refractivity contribution >= 4 is 11.8 Å². The van der Waals surface area contributed by atoms with Gasteiger partial charge >= 0.3 is 0 Å². The molecule has 1 heterocycles. The van der Waals surface area contributed by atoms with Gasteiger partial charge in [-0.25, -0.2) is 4.98 Å². The minimum atomic E-state index is 0.682. The SMILES string of the molecule is COCCCNc1cc(-c2ccccc2)nc(NCCC2=CCCCC2)n1. The fourth-order valence-corrected chi connectivity index (χ4v) is 3.27. The Bertz CT molecular complexity index is 730. The van der Waals surface area contributed by atoms with Crippen LogP contribution in [0.25, 0.3) is 11.3 Å². The smallest absolute Gasteiger partial charge is 0.225 e. The number of anilines is 2. The van der Waals surface area contributed by atoms with Gasteiger partial charge in [-0.3, -0.25) is 0 Å². The van der Waals surface area contributed by atoms with Gasteiger partial charge in [0.15, 0.2) is 0 Å². The van der Waals surface area contributed by atoms with E-state index in [4.69, 9.17) is 9.72 Å². The normalized spacial score (nSPS) is 13.9. The van der Waals surface area contributed by atoms with Gasteiger partial charge in [-0.05, 0) is 38.5 Å². The molecule has 2 aromatic rings. The molecule has 1 aromatic heterocycles. The third kappa shape index (κ3) is 6.36. The van der Waals surface area contributed by atoms with E-state index >= 15 is 0 Å². The zero-order chi connectivity index (χ0) is 18.7. The second kappa shape index (κ2) is 10.7. The lowest BCUT2D eigenvalue weighted by molar-refractivity contribution is 0.198. The first-order valence-corrected chi connectivity index (χ1v) is 9.94. The molecule has 144 valence electrons. The quantitative estimate of drug-likeness (QED) is 0.463. The topological polar surface area (TPSA) is 59.1 Å². The Kier molecular flexibility index (Phi) is 7.66. The third-order valence-corrected chi connectivity index (χ3v) is 4.74. The molecule has 1 aromatic carbocycles. The van der Waals surface area contributed by atoms with Gasteiger partial charge in [-0.2, -0.15) is 4.98 Å². The zero-order valence-corrected chi connectivity index (χ0v) is 16.2. The summed E-state index contributed by atoms with van der Waals surface area (Å²) in [6, 6.07) is 12.3.